The zero-order valence-electron chi connectivity index (χ0n) is 8.99. The first-order valence-corrected chi connectivity index (χ1v) is 5.08. The number of thiocarbonyl (C=S) groups is 1. The highest BCUT2D eigenvalue weighted by molar-refractivity contribution is 7.80. The van der Waals surface area contributed by atoms with Gasteiger partial charge in [0.15, 0.2) is 11.4 Å². The van der Waals surface area contributed by atoms with Crippen LogP contribution in [0.4, 0.5) is 13.2 Å². The van der Waals surface area contributed by atoms with E-state index in [1.54, 1.807) is 0 Å². The minimum absolute atomic E-state index is 0.0400. The smallest absolute Gasteiger partial charge is 0.388 e. The van der Waals surface area contributed by atoms with Gasteiger partial charge in [-0.25, -0.2) is 4.68 Å². The summed E-state index contributed by atoms with van der Waals surface area (Å²) in [6, 6.07) is 0. The van der Waals surface area contributed by atoms with E-state index in [4.69, 9.17) is 10.5 Å². The molecule has 0 aliphatic rings. The molecule has 0 spiro atoms. The number of aryl methyl sites for hydroxylation is 1. The van der Waals surface area contributed by atoms with Crippen LogP contribution in [-0.4, -0.2) is 33.7 Å². The molecule has 0 radical (unpaired) electrons. The molecule has 1 heterocycles. The molecule has 96 valence electrons. The Hall–Kier alpha value is -1.22. The Morgan fingerprint density at radius 1 is 1.53 bits per heavy atom. The molecule has 0 bridgehead atoms. The van der Waals surface area contributed by atoms with Crippen molar-refractivity contribution in [2.45, 2.75) is 19.1 Å². The predicted octanol–water partition coefficient (Wildman–Crippen LogP) is 0.968. The molecule has 2 N–H and O–H groups in total. The molecule has 1 rings (SSSR count). The van der Waals surface area contributed by atoms with Crippen LogP contribution in [0.5, 0.6) is 0 Å². The summed E-state index contributed by atoms with van der Waals surface area (Å²) in [5.41, 5.74) is 3.66. The average Bonchev–Trinajstić information content (AvgIpc) is 2.61. The van der Waals surface area contributed by atoms with Crippen molar-refractivity contribution in [1.29, 1.82) is 0 Å². The molecule has 0 aliphatic carbocycles. The first-order chi connectivity index (χ1) is 7.88. The molecule has 0 saturated carbocycles. The van der Waals surface area contributed by atoms with Gasteiger partial charge in [0.05, 0.1) is 0 Å². The van der Waals surface area contributed by atoms with Crippen molar-refractivity contribution < 1.29 is 17.9 Å². The van der Waals surface area contributed by atoms with E-state index in [1.165, 1.54) is 7.11 Å². The van der Waals surface area contributed by atoms with Crippen molar-refractivity contribution in [2.24, 2.45) is 5.73 Å². The van der Waals surface area contributed by atoms with Crippen LogP contribution in [0.15, 0.2) is 0 Å². The van der Waals surface area contributed by atoms with Gasteiger partial charge in [-0.3, -0.25) is 0 Å². The van der Waals surface area contributed by atoms with Gasteiger partial charge in [-0.2, -0.15) is 13.2 Å². The molecule has 0 aliphatic heterocycles. The van der Waals surface area contributed by atoms with Gasteiger partial charge in [-0.15, -0.1) is 5.10 Å². The molecule has 1 aromatic rings. The van der Waals surface area contributed by atoms with Crippen LogP contribution < -0.4 is 5.73 Å². The van der Waals surface area contributed by atoms with E-state index >= 15 is 0 Å². The second-order valence-electron chi connectivity index (χ2n) is 3.22. The van der Waals surface area contributed by atoms with E-state index in [-0.39, 0.29) is 6.54 Å². The van der Waals surface area contributed by atoms with Crippen molar-refractivity contribution in [3.8, 4) is 0 Å². The zero-order valence-corrected chi connectivity index (χ0v) is 9.81. The van der Waals surface area contributed by atoms with E-state index in [2.05, 4.69) is 22.5 Å². The summed E-state index contributed by atoms with van der Waals surface area (Å²) in [5.74, 6) is 0. The Bertz CT molecular complexity index is 404. The number of rotatable bonds is 5. The predicted molar refractivity (Wildman–Crippen MR) is 57.4 cm³/mol. The lowest BCUT2D eigenvalue weighted by Gasteiger charge is -2.10. The summed E-state index contributed by atoms with van der Waals surface area (Å²) >= 11 is 4.50. The third-order valence-corrected chi connectivity index (χ3v) is 2.15. The van der Waals surface area contributed by atoms with Crippen LogP contribution in [0, 0.1) is 0 Å². The Morgan fingerprint density at radius 3 is 2.65 bits per heavy atom. The summed E-state index contributed by atoms with van der Waals surface area (Å²) in [5, 5.41) is 6.75. The minimum Gasteiger partial charge on any atom is -0.388 e. The van der Waals surface area contributed by atoms with E-state index in [0.29, 0.717) is 13.0 Å². The first kappa shape index (κ1) is 13.8. The summed E-state index contributed by atoms with van der Waals surface area (Å²) in [7, 11) is 1.46. The second-order valence-corrected chi connectivity index (χ2v) is 3.66. The lowest BCUT2D eigenvalue weighted by molar-refractivity contribution is -0.144. The van der Waals surface area contributed by atoms with E-state index in [1.807, 2.05) is 0 Å². The molecule has 0 unspecified atom stereocenters. The molecule has 0 saturated heterocycles. The van der Waals surface area contributed by atoms with Gasteiger partial charge >= 0.3 is 6.18 Å². The van der Waals surface area contributed by atoms with Gasteiger partial charge in [-0.1, -0.05) is 17.4 Å². The van der Waals surface area contributed by atoms with Crippen molar-refractivity contribution in [1.82, 2.24) is 15.0 Å². The maximum absolute atomic E-state index is 12.8. The number of nitrogens with zero attached hydrogens (tertiary/aromatic N) is 3. The fourth-order valence-electron chi connectivity index (χ4n) is 1.27. The normalized spacial score (nSPS) is 11.8. The molecular formula is C8H11F3N4OS. The average molecular weight is 268 g/mol. The molecule has 5 nitrogen and oxygen atoms in total. The van der Waals surface area contributed by atoms with Crippen LogP contribution >= 0.6 is 12.2 Å². The Labute approximate surface area is 101 Å². The van der Waals surface area contributed by atoms with Crippen molar-refractivity contribution >= 4 is 17.2 Å². The maximum atomic E-state index is 12.8. The molecule has 17 heavy (non-hydrogen) atoms. The number of nitrogens with two attached hydrogens (primary N) is 1. The number of alkyl halides is 3. The monoisotopic (exact) mass is 268 g/mol. The highest BCUT2D eigenvalue weighted by Crippen LogP contribution is 2.31. The molecule has 0 aromatic carbocycles. The van der Waals surface area contributed by atoms with Crippen LogP contribution in [0.25, 0.3) is 0 Å². The largest absolute Gasteiger partial charge is 0.435 e. The van der Waals surface area contributed by atoms with Crippen molar-refractivity contribution in [2.75, 3.05) is 13.7 Å². The molecule has 0 amide bonds. The highest BCUT2D eigenvalue weighted by Gasteiger charge is 2.39. The van der Waals surface area contributed by atoms with E-state index in [0.717, 1.165) is 4.68 Å². The third kappa shape index (κ3) is 3.37. The summed E-state index contributed by atoms with van der Waals surface area (Å²) in [4.78, 5) is -0.421. The van der Waals surface area contributed by atoms with Crippen LogP contribution in [0.1, 0.15) is 17.8 Å². The molecule has 0 atom stereocenters. The molecular weight excluding hydrogens is 257 g/mol. The minimum atomic E-state index is -4.59. The number of aromatic nitrogens is 3. The Kier molecular flexibility index (Phi) is 4.40. The van der Waals surface area contributed by atoms with Crippen molar-refractivity contribution in [3.05, 3.63) is 11.4 Å². The van der Waals surface area contributed by atoms with Crippen LogP contribution in [0.2, 0.25) is 0 Å². The SMILES string of the molecule is COCCCn1nnc(C(N)=S)c1C(F)(F)F. The van der Waals surface area contributed by atoms with Gasteiger partial charge in [0.2, 0.25) is 0 Å². The number of halogens is 3. The molecule has 1 aromatic heterocycles. The second kappa shape index (κ2) is 5.41. The summed E-state index contributed by atoms with van der Waals surface area (Å²) < 4.78 is 43.8. The fourth-order valence-corrected chi connectivity index (χ4v) is 1.41. The first-order valence-electron chi connectivity index (χ1n) is 4.67. The van der Waals surface area contributed by atoms with Crippen molar-refractivity contribution in [3.63, 3.8) is 0 Å². The Morgan fingerprint density at radius 2 is 2.18 bits per heavy atom. The van der Waals surface area contributed by atoms with E-state index in [9.17, 15) is 13.2 Å². The van der Waals surface area contributed by atoms with Crippen LogP contribution in [-0.2, 0) is 17.5 Å². The summed E-state index contributed by atoms with van der Waals surface area (Å²) in [6.07, 6.45) is -4.20. The van der Waals surface area contributed by atoms with Gasteiger partial charge in [0.1, 0.15) is 4.99 Å². The number of hydrogen-bond donors (Lipinski definition) is 1. The molecule has 9 heteroatoms. The summed E-state index contributed by atoms with van der Waals surface area (Å²) in [6.45, 7) is 0.373. The standard InChI is InChI=1S/C8H11F3N4OS/c1-16-4-2-3-15-6(8(9,10)11)5(7(12)17)13-14-15/h2-4H2,1H3,(H2,12,17). The molecule has 0 fully saturated rings. The third-order valence-electron chi connectivity index (χ3n) is 1.96. The quantitative estimate of drug-likeness (QED) is 0.636. The van der Waals surface area contributed by atoms with Crippen LogP contribution in [0.3, 0.4) is 0 Å². The van der Waals surface area contributed by atoms with Gasteiger partial charge < -0.3 is 10.5 Å². The lowest BCUT2D eigenvalue weighted by atomic mass is 10.3. The maximum Gasteiger partial charge on any atom is 0.435 e. The van der Waals surface area contributed by atoms with Gasteiger partial charge in [-0.05, 0) is 6.42 Å². The number of ether oxygens (including phenoxy) is 1. The Balaban J connectivity index is 3.01. The zero-order chi connectivity index (χ0) is 13.1. The lowest BCUT2D eigenvalue weighted by Crippen LogP contribution is -2.21. The number of hydrogen-bond acceptors (Lipinski definition) is 4. The van der Waals surface area contributed by atoms with E-state index < -0.39 is 22.6 Å². The van der Waals surface area contributed by atoms with Gasteiger partial charge in [0.25, 0.3) is 0 Å². The number of methoxy groups -OCH3 is 1. The fraction of sp³-hybridized carbons (Fsp3) is 0.625. The topological polar surface area (TPSA) is 66.0 Å². The highest BCUT2D eigenvalue weighted by atomic mass is 32.1. The van der Waals surface area contributed by atoms with Gasteiger partial charge in [0, 0.05) is 20.3 Å².